The number of nitrogens with one attached hydrogen (secondary N) is 1. The highest BCUT2D eigenvalue weighted by Crippen LogP contribution is 2.43. The predicted molar refractivity (Wildman–Crippen MR) is 178 cm³/mol. The van der Waals surface area contributed by atoms with Crippen LogP contribution < -0.4 is 34.4 Å². The predicted octanol–water partition coefficient (Wildman–Crippen LogP) is -8.18. The molecule has 19 atom stereocenters. The van der Waals surface area contributed by atoms with Crippen molar-refractivity contribution in [2.75, 3.05) is 19.7 Å². The summed E-state index contributed by atoms with van der Waals surface area (Å²) in [6.07, 6.45) is -21.3. The van der Waals surface area contributed by atoms with Gasteiger partial charge in [0.25, 0.3) is 0 Å². The van der Waals surface area contributed by atoms with E-state index in [0.29, 0.717) is 0 Å². The Morgan fingerprint density at radius 3 is 1.68 bits per heavy atom. The lowest BCUT2D eigenvalue weighted by molar-refractivity contribution is -0.309. The number of hydrogen-bond donors (Lipinski definition) is 15. The van der Waals surface area contributed by atoms with E-state index in [9.17, 15) is 45.6 Å². The van der Waals surface area contributed by atoms with E-state index in [2.05, 4.69) is 0 Å². The van der Waals surface area contributed by atoms with Crippen LogP contribution in [0.3, 0.4) is 0 Å². The molecule has 2 aliphatic carbocycles. The second kappa shape index (κ2) is 17.3. The Hall–Kier alpha value is -1.62. The molecule has 22 nitrogen and oxygen atoms in total. The van der Waals surface area contributed by atoms with Gasteiger partial charge in [0.2, 0.25) is 0 Å². The van der Waals surface area contributed by atoms with Crippen LogP contribution in [0, 0.1) is 17.2 Å². The van der Waals surface area contributed by atoms with Gasteiger partial charge in [0, 0.05) is 32.0 Å². The molecule has 22 heteroatoms. The van der Waals surface area contributed by atoms with E-state index in [-0.39, 0.29) is 56.9 Å². The fourth-order valence-electron chi connectivity index (χ4n) is 8.01. The third-order valence-corrected chi connectivity index (χ3v) is 11.2. The van der Waals surface area contributed by atoms with Gasteiger partial charge in [0.15, 0.2) is 24.7 Å². The summed E-state index contributed by atoms with van der Waals surface area (Å²) in [5.74, 6) is -1.70. The molecule has 306 valence electrons. The molecule has 3 saturated heterocycles. The van der Waals surface area contributed by atoms with Crippen molar-refractivity contribution in [2.45, 2.75) is 148 Å². The molecule has 3 heterocycles. The first kappa shape index (κ1) is 42.5. The Balaban J connectivity index is 1.36. The Bertz CT molecular complexity index is 1250. The first-order valence-electron chi connectivity index (χ1n) is 17.8. The maximum absolute atomic E-state index is 13.4. The second-order valence-electron chi connectivity index (χ2n) is 15.0. The third kappa shape index (κ3) is 8.71. The van der Waals surface area contributed by atoms with Gasteiger partial charge < -0.3 is 104 Å². The number of aliphatic hydroxyl groups excluding tert-OH is 7. The minimum atomic E-state index is -1.71. The zero-order chi connectivity index (χ0) is 39.1. The van der Waals surface area contributed by atoms with Crippen molar-refractivity contribution in [1.82, 2.24) is 0 Å². The zero-order valence-electron chi connectivity index (χ0n) is 29.1. The standard InChI is InChI=1S/C31H57N7O15/c32-6-12-20(42)22(44)17(37)28(48-12)51-25-11(34)2-10(3-15(40)31(47)4-9(5-31)1-16(35)36)19(41)27(25)53-30-24(46)26(14(8-39)50-30)52-29-18(38)23(45)21(43)13(7-33)49-29/h9-14,17-30,39,41-47H,1-8,32-34,37-38H2,(H3,35,36)/t9?,10-,11-,12+,13-,14+,17+,18+,19-,20+,21+,22+,23+,24+,25+,26+,27+,28+,29+,30-,31?/m0/s1. The highest BCUT2D eigenvalue weighted by molar-refractivity contribution is 5.89. The summed E-state index contributed by atoms with van der Waals surface area (Å²) in [5, 5.41) is 93.5. The van der Waals surface area contributed by atoms with Gasteiger partial charge in [-0.3, -0.25) is 10.2 Å². The van der Waals surface area contributed by atoms with Gasteiger partial charge in [-0.25, -0.2) is 0 Å². The largest absolute Gasteiger partial charge is 0.394 e. The van der Waals surface area contributed by atoms with E-state index in [1.165, 1.54) is 0 Å². The number of Topliss-reactive ketones (excluding diaryl/α,β-unsaturated/α-hetero) is 1. The topological polar surface area (TPSA) is 414 Å². The second-order valence-corrected chi connectivity index (χ2v) is 15.0. The van der Waals surface area contributed by atoms with Crippen LogP contribution in [0.1, 0.15) is 32.1 Å². The average molecular weight is 768 g/mol. The van der Waals surface area contributed by atoms with E-state index in [0.717, 1.165) is 0 Å². The molecule has 3 aliphatic heterocycles. The van der Waals surface area contributed by atoms with Gasteiger partial charge in [-0.2, -0.15) is 0 Å². The number of carbonyl (C=O) groups excluding carboxylic acids is 1. The van der Waals surface area contributed by atoms with Crippen LogP contribution in [-0.4, -0.2) is 188 Å². The lowest BCUT2D eigenvalue weighted by Crippen LogP contribution is -2.67. The van der Waals surface area contributed by atoms with Crippen LogP contribution in [0.5, 0.6) is 0 Å². The highest BCUT2D eigenvalue weighted by atomic mass is 16.8. The van der Waals surface area contributed by atoms with Gasteiger partial charge in [-0.05, 0) is 31.1 Å². The van der Waals surface area contributed by atoms with Crippen molar-refractivity contribution in [1.29, 1.82) is 5.41 Å². The molecular weight excluding hydrogens is 710 g/mol. The zero-order valence-corrected chi connectivity index (χ0v) is 29.1. The van der Waals surface area contributed by atoms with Crippen molar-refractivity contribution < 1.29 is 74.1 Å². The summed E-state index contributed by atoms with van der Waals surface area (Å²) >= 11 is 0. The molecule has 53 heavy (non-hydrogen) atoms. The summed E-state index contributed by atoms with van der Waals surface area (Å²) in [6, 6.07) is -3.64. The fraction of sp³-hybridized carbons (Fsp3) is 0.935. The van der Waals surface area contributed by atoms with E-state index in [1.54, 1.807) is 0 Å². The fourth-order valence-corrected chi connectivity index (χ4v) is 8.01. The smallest absolute Gasteiger partial charge is 0.187 e. The van der Waals surface area contributed by atoms with E-state index >= 15 is 0 Å². The van der Waals surface area contributed by atoms with Crippen LogP contribution >= 0.6 is 0 Å². The number of carbonyl (C=O) groups is 1. The molecule has 5 fully saturated rings. The summed E-state index contributed by atoms with van der Waals surface area (Å²) in [5.41, 5.74) is 33.9. The first-order chi connectivity index (χ1) is 24.9. The van der Waals surface area contributed by atoms with Crippen molar-refractivity contribution in [3.63, 3.8) is 0 Å². The number of amidine groups is 1. The molecule has 0 aromatic heterocycles. The molecule has 0 aromatic carbocycles. The summed E-state index contributed by atoms with van der Waals surface area (Å²) < 4.78 is 35.3. The molecule has 0 spiro atoms. The molecule has 0 aromatic rings. The third-order valence-electron chi connectivity index (χ3n) is 11.2. The lowest BCUT2D eigenvalue weighted by atomic mass is 9.65. The first-order valence-corrected chi connectivity index (χ1v) is 17.8. The normalized spacial score (nSPS) is 50.4. The van der Waals surface area contributed by atoms with Crippen LogP contribution in [0.25, 0.3) is 0 Å². The molecule has 0 amide bonds. The molecule has 21 N–H and O–H groups in total. The summed E-state index contributed by atoms with van der Waals surface area (Å²) in [6.45, 7) is -1.14. The van der Waals surface area contributed by atoms with Gasteiger partial charge in [-0.1, -0.05) is 0 Å². The van der Waals surface area contributed by atoms with Gasteiger partial charge in [0.1, 0.15) is 72.7 Å². The Morgan fingerprint density at radius 1 is 0.698 bits per heavy atom. The maximum Gasteiger partial charge on any atom is 0.187 e. The monoisotopic (exact) mass is 767 g/mol. The number of hydrogen-bond acceptors (Lipinski definition) is 21. The quantitative estimate of drug-likeness (QED) is 0.0576. The SMILES string of the molecule is N=C(N)CC1CC(O)(C(=O)C[C@@H]2C[C@H](N)[C@@H](O[C@H]3O[C@H](CN)[C@@H](O)[C@H](O)[C@H]3N)[C@H](O[C@@H]3O[C@H](CO)[C@@H](O[C@H]4O[C@@H](CN)[C@@H](O)[C@H](O)[C@H]4N)[C@H]3O)[C@H]2O)C1. The van der Waals surface area contributed by atoms with Crippen LogP contribution in [0.2, 0.25) is 0 Å². The molecule has 5 rings (SSSR count). The molecule has 0 bridgehead atoms. The number of nitrogens with two attached hydrogens (primary N) is 6. The number of aliphatic hydroxyl groups is 8. The molecular formula is C31H57N7O15. The molecule has 0 unspecified atom stereocenters. The Labute approximate surface area is 305 Å². The van der Waals surface area contributed by atoms with Crippen molar-refractivity contribution in [3.8, 4) is 0 Å². The molecule has 5 aliphatic rings. The number of ketones is 1. The Kier molecular flexibility index (Phi) is 13.8. The van der Waals surface area contributed by atoms with Gasteiger partial charge >= 0.3 is 0 Å². The van der Waals surface area contributed by atoms with Gasteiger partial charge in [0.05, 0.1) is 30.6 Å². The van der Waals surface area contributed by atoms with Gasteiger partial charge in [-0.15, -0.1) is 0 Å². The minimum absolute atomic E-state index is 0.0374. The van der Waals surface area contributed by atoms with E-state index in [1.807, 2.05) is 0 Å². The highest BCUT2D eigenvalue weighted by Gasteiger charge is 2.56. The van der Waals surface area contributed by atoms with E-state index in [4.69, 9.17) is 68.2 Å². The summed E-state index contributed by atoms with van der Waals surface area (Å²) in [4.78, 5) is 13.4. The maximum atomic E-state index is 13.4. The van der Waals surface area contributed by atoms with Crippen molar-refractivity contribution in [2.24, 2.45) is 46.2 Å². The van der Waals surface area contributed by atoms with Crippen molar-refractivity contribution in [3.05, 3.63) is 0 Å². The number of rotatable bonds is 14. The Morgan fingerprint density at radius 2 is 1.19 bits per heavy atom. The summed E-state index contributed by atoms with van der Waals surface area (Å²) in [7, 11) is 0. The van der Waals surface area contributed by atoms with Crippen LogP contribution in [-0.2, 0) is 33.2 Å². The average Bonchev–Trinajstić information content (AvgIpc) is 3.40. The lowest BCUT2D eigenvalue weighted by Gasteiger charge is -2.48. The van der Waals surface area contributed by atoms with Crippen LogP contribution in [0.15, 0.2) is 0 Å². The van der Waals surface area contributed by atoms with E-state index < -0.39 is 134 Å². The van der Waals surface area contributed by atoms with Crippen LogP contribution in [0.4, 0.5) is 0 Å². The minimum Gasteiger partial charge on any atom is -0.394 e. The van der Waals surface area contributed by atoms with Crippen molar-refractivity contribution >= 4 is 11.6 Å². The molecule has 0 radical (unpaired) electrons. The molecule has 2 saturated carbocycles. The number of ether oxygens (including phenoxy) is 6.